The van der Waals surface area contributed by atoms with Crippen LogP contribution in [0.3, 0.4) is 0 Å². The minimum absolute atomic E-state index is 0. The van der Waals surface area contributed by atoms with E-state index in [4.69, 9.17) is 4.74 Å². The van der Waals surface area contributed by atoms with Crippen LogP contribution in [0.5, 0.6) is 5.75 Å². The Morgan fingerprint density at radius 1 is 1.22 bits per heavy atom. The molecule has 0 radical (unpaired) electrons. The molecule has 0 aromatic heterocycles. The van der Waals surface area contributed by atoms with E-state index >= 15 is 0 Å². The van der Waals surface area contributed by atoms with E-state index in [0.717, 1.165) is 37.2 Å². The smallest absolute Gasteiger partial charge is 0.228 e. The maximum absolute atomic E-state index is 13.2. The van der Waals surface area contributed by atoms with E-state index in [1.54, 1.807) is 7.11 Å². The van der Waals surface area contributed by atoms with Gasteiger partial charge in [-0.2, -0.15) is 0 Å². The van der Waals surface area contributed by atoms with E-state index in [2.05, 4.69) is 12.2 Å². The first-order valence-corrected chi connectivity index (χ1v) is 9.58. The Morgan fingerprint density at radius 3 is 2.48 bits per heavy atom. The summed E-state index contributed by atoms with van der Waals surface area (Å²) in [6.07, 6.45) is 2.28. The highest BCUT2D eigenvalue weighted by molar-refractivity contribution is 5.90. The summed E-state index contributed by atoms with van der Waals surface area (Å²) >= 11 is 0. The predicted octanol–water partition coefficient (Wildman–Crippen LogP) is 2.24. The number of hydrogen-bond donors (Lipinski definition) is 1. The fraction of sp³-hybridized carbons (Fsp3) is 0.600. The van der Waals surface area contributed by atoms with Crippen molar-refractivity contribution in [3.63, 3.8) is 0 Å². The van der Waals surface area contributed by atoms with Crippen LogP contribution in [-0.2, 0) is 9.59 Å². The quantitative estimate of drug-likeness (QED) is 0.802. The molecule has 7 heteroatoms. The number of benzene rings is 1. The van der Waals surface area contributed by atoms with Gasteiger partial charge in [0.25, 0.3) is 0 Å². The largest absolute Gasteiger partial charge is 0.497 e. The zero-order valence-corrected chi connectivity index (χ0v) is 17.0. The number of piperazine rings is 1. The van der Waals surface area contributed by atoms with Crippen molar-refractivity contribution in [2.75, 3.05) is 39.8 Å². The molecule has 2 atom stereocenters. The molecule has 0 aliphatic carbocycles. The summed E-state index contributed by atoms with van der Waals surface area (Å²) in [6, 6.07) is 7.60. The monoisotopic (exact) mass is 395 g/mol. The molecule has 2 heterocycles. The van der Waals surface area contributed by atoms with Crippen molar-refractivity contribution in [1.29, 1.82) is 0 Å². The van der Waals surface area contributed by atoms with E-state index in [1.807, 2.05) is 34.1 Å². The van der Waals surface area contributed by atoms with Gasteiger partial charge in [0.2, 0.25) is 11.8 Å². The lowest BCUT2D eigenvalue weighted by molar-refractivity contribution is -0.137. The summed E-state index contributed by atoms with van der Waals surface area (Å²) < 4.78 is 5.25. The van der Waals surface area contributed by atoms with Gasteiger partial charge in [0, 0.05) is 39.1 Å². The van der Waals surface area contributed by atoms with Gasteiger partial charge in [-0.3, -0.25) is 9.59 Å². The molecular formula is C20H30ClN3O3. The van der Waals surface area contributed by atoms with Crippen molar-refractivity contribution < 1.29 is 14.3 Å². The number of methoxy groups -OCH3 is 1. The molecule has 3 rings (SSSR count). The average Bonchev–Trinajstić information content (AvgIpc) is 3.02. The van der Waals surface area contributed by atoms with Crippen LogP contribution in [0.2, 0.25) is 0 Å². The lowest BCUT2D eigenvalue weighted by atomic mass is 9.92. The number of nitrogens with zero attached hydrogens (tertiary/aromatic N) is 2. The maximum atomic E-state index is 13.2. The standard InChI is InChI=1S/C20H29N3O3.ClH/c1-3-4-11-23-18(24)14-17(20(25)22-12-9-21-10-13-22)19(23)15-5-7-16(26-2)8-6-15;/h5-8,17,19,21H,3-4,9-14H2,1-2H3;1H. The number of ether oxygens (including phenoxy) is 1. The number of nitrogens with one attached hydrogen (secondary N) is 1. The van der Waals surface area contributed by atoms with E-state index in [-0.39, 0.29) is 36.2 Å². The van der Waals surface area contributed by atoms with Crippen molar-refractivity contribution in [2.24, 2.45) is 5.92 Å². The summed E-state index contributed by atoms with van der Waals surface area (Å²) in [5, 5.41) is 3.28. The van der Waals surface area contributed by atoms with Crippen LogP contribution in [0, 0.1) is 5.92 Å². The highest BCUT2D eigenvalue weighted by Crippen LogP contribution is 2.40. The van der Waals surface area contributed by atoms with Crippen LogP contribution in [0.15, 0.2) is 24.3 Å². The molecule has 150 valence electrons. The lowest BCUT2D eigenvalue weighted by Gasteiger charge is -2.33. The number of hydrogen-bond acceptors (Lipinski definition) is 4. The second-order valence-electron chi connectivity index (χ2n) is 7.04. The van der Waals surface area contributed by atoms with Gasteiger partial charge < -0.3 is 19.9 Å². The van der Waals surface area contributed by atoms with Crippen LogP contribution in [0.4, 0.5) is 0 Å². The molecule has 27 heavy (non-hydrogen) atoms. The molecule has 6 nitrogen and oxygen atoms in total. The van der Waals surface area contributed by atoms with Crippen molar-refractivity contribution in [1.82, 2.24) is 15.1 Å². The Morgan fingerprint density at radius 2 is 1.89 bits per heavy atom. The molecular weight excluding hydrogens is 366 g/mol. The minimum Gasteiger partial charge on any atom is -0.497 e. The van der Waals surface area contributed by atoms with Crippen LogP contribution < -0.4 is 10.1 Å². The van der Waals surface area contributed by atoms with Crippen LogP contribution in [-0.4, -0.2) is 61.4 Å². The van der Waals surface area contributed by atoms with E-state index in [9.17, 15) is 9.59 Å². The van der Waals surface area contributed by atoms with Gasteiger partial charge in [-0.05, 0) is 24.1 Å². The third-order valence-corrected chi connectivity index (χ3v) is 5.39. The van der Waals surface area contributed by atoms with Crippen LogP contribution in [0.1, 0.15) is 37.8 Å². The summed E-state index contributed by atoms with van der Waals surface area (Å²) in [4.78, 5) is 29.7. The van der Waals surface area contributed by atoms with E-state index in [0.29, 0.717) is 26.1 Å². The predicted molar refractivity (Wildman–Crippen MR) is 107 cm³/mol. The molecule has 1 N–H and O–H groups in total. The number of carbonyl (C=O) groups is 2. The van der Waals surface area contributed by atoms with Crippen molar-refractivity contribution >= 4 is 24.2 Å². The summed E-state index contributed by atoms with van der Waals surface area (Å²) in [5.74, 6) is 0.682. The van der Waals surface area contributed by atoms with Gasteiger partial charge in [-0.15, -0.1) is 12.4 Å². The molecule has 2 amide bonds. The Kier molecular flexibility index (Phi) is 7.92. The first kappa shape index (κ1) is 21.5. The number of amides is 2. The van der Waals surface area contributed by atoms with Gasteiger partial charge in [-0.1, -0.05) is 25.5 Å². The van der Waals surface area contributed by atoms with Crippen molar-refractivity contribution in [3.8, 4) is 5.75 Å². The fourth-order valence-corrected chi connectivity index (χ4v) is 3.94. The minimum atomic E-state index is -0.300. The Hall–Kier alpha value is -1.79. The van der Waals surface area contributed by atoms with Gasteiger partial charge in [0.05, 0.1) is 19.1 Å². The maximum Gasteiger partial charge on any atom is 0.228 e. The molecule has 2 unspecified atom stereocenters. The Balaban J connectivity index is 0.00000261. The van der Waals surface area contributed by atoms with Gasteiger partial charge in [0.1, 0.15) is 5.75 Å². The molecule has 0 bridgehead atoms. The molecule has 2 saturated heterocycles. The van der Waals surface area contributed by atoms with Gasteiger partial charge in [0.15, 0.2) is 0 Å². The number of halogens is 1. The van der Waals surface area contributed by atoms with E-state index < -0.39 is 0 Å². The molecule has 0 spiro atoms. The Labute approximate surface area is 167 Å². The zero-order chi connectivity index (χ0) is 18.5. The SMILES string of the molecule is CCCCN1C(=O)CC(C(=O)N2CCNCC2)C1c1ccc(OC)cc1.Cl. The normalized spacial score (nSPS) is 22.5. The zero-order valence-electron chi connectivity index (χ0n) is 16.1. The highest BCUT2D eigenvalue weighted by atomic mass is 35.5. The first-order valence-electron chi connectivity index (χ1n) is 9.58. The number of unbranched alkanes of at least 4 members (excludes halogenated alkanes) is 1. The van der Waals surface area contributed by atoms with Crippen LogP contribution in [0.25, 0.3) is 0 Å². The topological polar surface area (TPSA) is 61.9 Å². The molecule has 2 aliphatic rings. The lowest BCUT2D eigenvalue weighted by Crippen LogP contribution is -2.49. The second kappa shape index (κ2) is 9.95. The highest BCUT2D eigenvalue weighted by Gasteiger charge is 2.45. The molecule has 2 aliphatic heterocycles. The molecule has 1 aromatic carbocycles. The van der Waals surface area contributed by atoms with Crippen molar-refractivity contribution in [2.45, 2.75) is 32.2 Å². The Bertz CT molecular complexity index is 632. The molecule has 1 aromatic rings. The number of carbonyl (C=O) groups excluding carboxylic acids is 2. The van der Waals surface area contributed by atoms with Gasteiger partial charge >= 0.3 is 0 Å². The number of likely N-dealkylation sites (tertiary alicyclic amines) is 1. The third-order valence-electron chi connectivity index (χ3n) is 5.39. The average molecular weight is 396 g/mol. The van der Waals surface area contributed by atoms with E-state index in [1.165, 1.54) is 0 Å². The summed E-state index contributed by atoms with van der Waals surface area (Å²) in [7, 11) is 1.64. The van der Waals surface area contributed by atoms with Crippen LogP contribution >= 0.6 is 12.4 Å². The number of rotatable bonds is 6. The van der Waals surface area contributed by atoms with Gasteiger partial charge in [-0.25, -0.2) is 0 Å². The third kappa shape index (κ3) is 4.74. The van der Waals surface area contributed by atoms with Crippen molar-refractivity contribution in [3.05, 3.63) is 29.8 Å². The summed E-state index contributed by atoms with van der Waals surface area (Å²) in [6.45, 7) is 5.89. The summed E-state index contributed by atoms with van der Waals surface area (Å²) in [5.41, 5.74) is 1.02. The fourth-order valence-electron chi connectivity index (χ4n) is 3.94. The molecule has 0 saturated carbocycles. The molecule has 2 fully saturated rings. The first-order chi connectivity index (χ1) is 12.7. The second-order valence-corrected chi connectivity index (χ2v) is 7.04.